The molecule has 0 bridgehead atoms. The number of nitrogens with zero attached hydrogens (tertiary/aromatic N) is 3. The van der Waals surface area contributed by atoms with Crippen LogP contribution < -0.4 is 5.84 Å². The van der Waals surface area contributed by atoms with Crippen molar-refractivity contribution in [1.82, 2.24) is 4.90 Å². The minimum atomic E-state index is -0.257. The summed E-state index contributed by atoms with van der Waals surface area (Å²) < 4.78 is 5.36. The molecular weight excluding hydrogens is 304 g/mol. The normalized spacial score (nSPS) is 16.8. The van der Waals surface area contributed by atoms with Gasteiger partial charge >= 0.3 is 6.09 Å². The molecule has 2 N–H and O–H groups in total. The molecule has 0 aliphatic carbocycles. The molecule has 0 unspecified atom stereocenters. The van der Waals surface area contributed by atoms with Crippen LogP contribution in [-0.4, -0.2) is 42.1 Å². The Hall–Kier alpha value is -2.37. The van der Waals surface area contributed by atoms with E-state index in [9.17, 15) is 4.79 Å². The van der Waals surface area contributed by atoms with Crippen LogP contribution in [0.4, 0.5) is 4.79 Å². The molecule has 1 aliphatic heterocycles. The first kappa shape index (κ1) is 18.0. The smallest absolute Gasteiger partial charge is 0.410 e. The largest absolute Gasteiger partial charge is 0.445 e. The van der Waals surface area contributed by atoms with Gasteiger partial charge in [-0.05, 0) is 24.3 Å². The summed E-state index contributed by atoms with van der Waals surface area (Å²) in [4.78, 5) is 18.4. The van der Waals surface area contributed by atoms with Crippen LogP contribution in [-0.2, 0) is 11.3 Å². The molecule has 0 saturated carbocycles. The maximum atomic E-state index is 12.1. The van der Waals surface area contributed by atoms with E-state index in [2.05, 4.69) is 10.1 Å². The molecule has 1 amide bonds. The van der Waals surface area contributed by atoms with Crippen LogP contribution in [0, 0.1) is 5.92 Å². The van der Waals surface area contributed by atoms with E-state index in [1.54, 1.807) is 11.1 Å². The number of benzene rings is 1. The molecule has 0 aromatic heterocycles. The van der Waals surface area contributed by atoms with Crippen LogP contribution in [0.2, 0.25) is 0 Å². The van der Waals surface area contributed by atoms with Crippen molar-refractivity contribution in [3.63, 3.8) is 0 Å². The Balaban J connectivity index is 1.76. The van der Waals surface area contributed by atoms with Gasteiger partial charge in [-0.1, -0.05) is 44.2 Å². The minimum absolute atomic E-state index is 0.207. The molecule has 0 radical (unpaired) electrons. The Morgan fingerprint density at radius 3 is 2.58 bits per heavy atom. The fraction of sp³-hybridized carbons (Fsp3) is 0.500. The van der Waals surface area contributed by atoms with Gasteiger partial charge in [-0.2, -0.15) is 5.10 Å². The van der Waals surface area contributed by atoms with Gasteiger partial charge in [0.15, 0.2) is 0 Å². The van der Waals surface area contributed by atoms with Crippen LogP contribution in [0.5, 0.6) is 0 Å². The van der Waals surface area contributed by atoms with E-state index < -0.39 is 0 Å². The average molecular weight is 330 g/mol. The number of aliphatic imine (C=N–C) groups is 1. The Morgan fingerprint density at radius 1 is 1.33 bits per heavy atom. The van der Waals surface area contributed by atoms with Crippen LogP contribution >= 0.6 is 0 Å². The first-order valence-corrected chi connectivity index (χ1v) is 8.36. The molecule has 0 atom stereocenters. The zero-order chi connectivity index (χ0) is 17.4. The van der Waals surface area contributed by atoms with Crippen LogP contribution in [0.15, 0.2) is 40.4 Å². The summed E-state index contributed by atoms with van der Waals surface area (Å²) in [7, 11) is 0. The second kappa shape index (κ2) is 9.05. The molecule has 1 heterocycles. The number of carbonyl (C=O) groups excluding carboxylic acids is 1. The third-order valence-corrected chi connectivity index (χ3v) is 4.09. The number of nitrogens with two attached hydrogens (primary N) is 1. The third-order valence-electron chi connectivity index (χ3n) is 4.09. The van der Waals surface area contributed by atoms with Crippen LogP contribution in [0.25, 0.3) is 0 Å². The lowest BCUT2D eigenvalue weighted by atomic mass is 10.1. The van der Waals surface area contributed by atoms with Gasteiger partial charge in [0.2, 0.25) is 0 Å². The van der Waals surface area contributed by atoms with Gasteiger partial charge in [0.25, 0.3) is 0 Å². The molecule has 1 aromatic rings. The summed E-state index contributed by atoms with van der Waals surface area (Å²) in [5.41, 5.74) is 1.78. The van der Waals surface area contributed by atoms with Gasteiger partial charge in [-0.15, -0.1) is 0 Å². The van der Waals surface area contributed by atoms with E-state index in [1.807, 2.05) is 44.2 Å². The predicted octanol–water partition coefficient (Wildman–Crippen LogP) is 2.83. The lowest BCUT2D eigenvalue weighted by molar-refractivity contribution is 0.0875. The first-order chi connectivity index (χ1) is 11.6. The summed E-state index contributed by atoms with van der Waals surface area (Å²) in [6.45, 7) is 5.69. The molecular formula is C18H26N4O2. The summed E-state index contributed by atoms with van der Waals surface area (Å²) >= 11 is 0. The number of hydrazone groups is 1. The summed E-state index contributed by atoms with van der Waals surface area (Å²) in [6, 6.07) is 9.90. The van der Waals surface area contributed by atoms with Gasteiger partial charge in [0, 0.05) is 19.3 Å². The number of piperidine rings is 1. The van der Waals surface area contributed by atoms with E-state index in [4.69, 9.17) is 10.6 Å². The van der Waals surface area contributed by atoms with Crippen molar-refractivity contribution >= 4 is 18.0 Å². The molecule has 24 heavy (non-hydrogen) atoms. The Bertz CT molecular complexity index is 576. The van der Waals surface area contributed by atoms with Gasteiger partial charge in [-0.3, -0.25) is 4.99 Å². The fourth-order valence-corrected chi connectivity index (χ4v) is 2.52. The number of carbonyl (C=O) groups is 1. The average Bonchev–Trinajstić information content (AvgIpc) is 2.61. The van der Waals surface area contributed by atoms with Crippen molar-refractivity contribution in [1.29, 1.82) is 0 Å². The number of likely N-dealkylation sites (tertiary alicyclic amines) is 1. The Morgan fingerprint density at radius 2 is 2.00 bits per heavy atom. The molecule has 6 heteroatoms. The SMILES string of the molecule is CC(C)C(C=NC1CCN(C(=O)OCc2ccccc2)CC1)=NN. The Labute approximate surface area is 143 Å². The zero-order valence-electron chi connectivity index (χ0n) is 14.4. The highest BCUT2D eigenvalue weighted by Crippen LogP contribution is 2.15. The fourth-order valence-electron chi connectivity index (χ4n) is 2.52. The van der Waals surface area contributed by atoms with Gasteiger partial charge in [0.05, 0.1) is 11.8 Å². The van der Waals surface area contributed by atoms with Crippen molar-refractivity contribution in [2.45, 2.75) is 39.3 Å². The third kappa shape index (κ3) is 5.37. The van der Waals surface area contributed by atoms with E-state index in [0.717, 1.165) is 24.1 Å². The molecule has 1 aromatic carbocycles. The van der Waals surface area contributed by atoms with Crippen LogP contribution in [0.3, 0.4) is 0 Å². The molecule has 0 spiro atoms. The number of amides is 1. The highest BCUT2D eigenvalue weighted by atomic mass is 16.6. The van der Waals surface area contributed by atoms with Crippen molar-refractivity contribution in [2.24, 2.45) is 21.9 Å². The van der Waals surface area contributed by atoms with Gasteiger partial charge < -0.3 is 15.5 Å². The lowest BCUT2D eigenvalue weighted by Gasteiger charge is -2.29. The maximum Gasteiger partial charge on any atom is 0.410 e. The van der Waals surface area contributed by atoms with E-state index in [-0.39, 0.29) is 18.1 Å². The summed E-state index contributed by atoms with van der Waals surface area (Å²) in [5, 5.41) is 3.75. The second-order valence-corrected chi connectivity index (χ2v) is 6.25. The van der Waals surface area contributed by atoms with Gasteiger partial charge in [0.1, 0.15) is 6.61 Å². The standard InChI is InChI=1S/C18H26N4O2/c1-14(2)17(21-19)12-20-16-8-10-22(11-9-16)18(23)24-13-15-6-4-3-5-7-15/h3-7,12,14,16H,8-11,13,19H2,1-2H3. The van der Waals surface area contributed by atoms with Crippen molar-refractivity contribution in [3.05, 3.63) is 35.9 Å². The Kier molecular flexibility index (Phi) is 6.78. The molecule has 1 saturated heterocycles. The zero-order valence-corrected chi connectivity index (χ0v) is 14.4. The van der Waals surface area contributed by atoms with E-state index >= 15 is 0 Å². The highest BCUT2D eigenvalue weighted by Gasteiger charge is 2.23. The van der Waals surface area contributed by atoms with Crippen LogP contribution in [0.1, 0.15) is 32.3 Å². The van der Waals surface area contributed by atoms with E-state index in [1.165, 1.54) is 0 Å². The minimum Gasteiger partial charge on any atom is -0.445 e. The first-order valence-electron chi connectivity index (χ1n) is 8.36. The van der Waals surface area contributed by atoms with Crippen molar-refractivity contribution in [3.8, 4) is 0 Å². The lowest BCUT2D eigenvalue weighted by Crippen LogP contribution is -2.40. The molecule has 1 aliphatic rings. The monoisotopic (exact) mass is 330 g/mol. The maximum absolute atomic E-state index is 12.1. The van der Waals surface area contributed by atoms with Gasteiger partial charge in [-0.25, -0.2) is 4.79 Å². The molecule has 1 fully saturated rings. The number of hydrogen-bond acceptors (Lipinski definition) is 5. The number of ether oxygens (including phenoxy) is 1. The van der Waals surface area contributed by atoms with Crippen molar-refractivity contribution < 1.29 is 9.53 Å². The summed E-state index contributed by atoms with van der Waals surface area (Å²) in [5.74, 6) is 5.62. The molecule has 2 rings (SSSR count). The number of rotatable bonds is 5. The van der Waals surface area contributed by atoms with Crippen molar-refractivity contribution in [2.75, 3.05) is 13.1 Å². The second-order valence-electron chi connectivity index (χ2n) is 6.25. The highest BCUT2D eigenvalue weighted by molar-refractivity contribution is 6.31. The number of hydrogen-bond donors (Lipinski definition) is 1. The quantitative estimate of drug-likeness (QED) is 0.512. The predicted molar refractivity (Wildman–Crippen MR) is 96.2 cm³/mol. The van der Waals surface area contributed by atoms with E-state index in [0.29, 0.717) is 19.7 Å². The topological polar surface area (TPSA) is 80.3 Å². The summed E-state index contributed by atoms with van der Waals surface area (Å²) in [6.07, 6.45) is 3.16. The molecule has 6 nitrogen and oxygen atoms in total. The molecule has 130 valence electrons.